The highest BCUT2D eigenvalue weighted by Crippen LogP contribution is 2.63. The van der Waals surface area contributed by atoms with E-state index in [1.54, 1.807) is 22.0 Å². The van der Waals surface area contributed by atoms with Crippen molar-refractivity contribution in [1.82, 2.24) is 9.80 Å². The van der Waals surface area contributed by atoms with Crippen molar-refractivity contribution in [1.29, 1.82) is 0 Å². The molecule has 3 fully saturated rings. The second-order valence-corrected chi connectivity index (χ2v) is 12.0. The maximum absolute atomic E-state index is 14.5. The smallest absolute Gasteiger partial charge is 0.312 e. The number of likely N-dealkylation sites (tertiary alicyclic amines) is 1. The van der Waals surface area contributed by atoms with Crippen molar-refractivity contribution in [3.05, 3.63) is 61.2 Å². The molecule has 1 N–H and O–H groups in total. The molecule has 2 unspecified atom stereocenters. The fourth-order valence-corrected chi connectivity index (χ4v) is 7.07. The summed E-state index contributed by atoms with van der Waals surface area (Å²) in [6, 6.07) is 8.12. The molecule has 3 aliphatic rings. The Morgan fingerprint density at radius 3 is 2.58 bits per heavy atom. The van der Waals surface area contributed by atoms with Crippen LogP contribution in [0.15, 0.2) is 55.6 Å². The van der Waals surface area contributed by atoms with Gasteiger partial charge in [0.15, 0.2) is 0 Å². The number of fused-ring (bicyclic) bond motifs is 1. The van der Waals surface area contributed by atoms with Gasteiger partial charge in [0.05, 0.1) is 30.8 Å². The van der Waals surface area contributed by atoms with Crippen LogP contribution in [0.5, 0.6) is 0 Å². The van der Waals surface area contributed by atoms with Crippen molar-refractivity contribution < 1.29 is 29.0 Å². The van der Waals surface area contributed by atoms with Crippen molar-refractivity contribution >= 4 is 17.8 Å². The zero-order valence-electron chi connectivity index (χ0n) is 24.1. The lowest BCUT2D eigenvalue weighted by Crippen LogP contribution is -2.58. The fourth-order valence-electron chi connectivity index (χ4n) is 7.07. The van der Waals surface area contributed by atoms with E-state index in [-0.39, 0.29) is 37.5 Å². The number of esters is 1. The van der Waals surface area contributed by atoms with Gasteiger partial charge in [-0.05, 0) is 50.5 Å². The van der Waals surface area contributed by atoms with Crippen LogP contribution in [0.25, 0.3) is 0 Å². The quantitative estimate of drug-likeness (QED) is 0.214. The molecule has 8 heteroatoms. The first-order chi connectivity index (χ1) is 19.1. The number of rotatable bonds is 14. The molecule has 1 aromatic carbocycles. The summed E-state index contributed by atoms with van der Waals surface area (Å²) < 4.78 is 12.4. The Balaban J connectivity index is 1.74. The van der Waals surface area contributed by atoms with Crippen molar-refractivity contribution in [2.45, 2.75) is 82.7 Å². The summed E-state index contributed by atoms with van der Waals surface area (Å²) in [6.07, 6.45) is 6.34. The summed E-state index contributed by atoms with van der Waals surface area (Å²) in [5, 5.41) is 10.5. The summed E-state index contributed by atoms with van der Waals surface area (Å²) in [7, 11) is 0. The zero-order chi connectivity index (χ0) is 29.1. The van der Waals surface area contributed by atoms with E-state index in [1.165, 1.54) is 0 Å². The minimum Gasteiger partial charge on any atom is -0.465 e. The van der Waals surface area contributed by atoms with Gasteiger partial charge in [-0.25, -0.2) is 0 Å². The Morgan fingerprint density at radius 1 is 1.23 bits per heavy atom. The van der Waals surface area contributed by atoms with E-state index in [9.17, 15) is 19.5 Å². The van der Waals surface area contributed by atoms with Crippen LogP contribution in [0.3, 0.4) is 0 Å². The molecular weight excluding hydrogens is 508 g/mol. The highest BCUT2D eigenvalue weighted by Gasteiger charge is 2.79. The third-order valence-electron chi connectivity index (χ3n) is 8.72. The first-order valence-electron chi connectivity index (χ1n) is 14.5. The molecule has 2 bridgehead atoms. The lowest BCUT2D eigenvalue weighted by molar-refractivity contribution is -0.162. The highest BCUT2D eigenvalue weighted by atomic mass is 16.6. The van der Waals surface area contributed by atoms with Crippen molar-refractivity contribution in [3.8, 4) is 0 Å². The molecule has 4 rings (SSSR count). The Bertz CT molecular complexity index is 1110. The van der Waals surface area contributed by atoms with E-state index in [4.69, 9.17) is 9.47 Å². The molecule has 3 saturated heterocycles. The van der Waals surface area contributed by atoms with Gasteiger partial charge in [-0.1, -0.05) is 56.3 Å². The standard InChI is InChI=1S/C32H44N2O6/c1-6-8-12-18-39-30(38)26-25-28(36)34(24(21-35)19-22(3)4)27(32(25)16-15-31(26,5)40-32)29(37)33(17-7-2)20-23-13-10-9-11-14-23/h6-7,9-11,13-14,22,24-27,35H,1-2,8,12,15-21H2,3-5H3/t24-,25+,26-,27?,31+,32?/m1/s1. The predicted octanol–water partition coefficient (Wildman–Crippen LogP) is 3.88. The van der Waals surface area contributed by atoms with E-state index in [0.717, 1.165) is 12.0 Å². The molecule has 0 aromatic heterocycles. The normalized spacial score (nSPS) is 29.4. The molecule has 218 valence electrons. The number of allylic oxidation sites excluding steroid dienone is 1. The lowest BCUT2D eigenvalue weighted by Gasteiger charge is -2.40. The minimum atomic E-state index is -1.17. The second kappa shape index (κ2) is 12.3. The molecular formula is C32H44N2O6. The summed E-state index contributed by atoms with van der Waals surface area (Å²) in [5.74, 6) is -2.53. The average Bonchev–Trinajstić information content (AvgIpc) is 3.50. The molecule has 0 saturated carbocycles. The van der Waals surface area contributed by atoms with Gasteiger partial charge in [-0.3, -0.25) is 14.4 Å². The molecule has 3 heterocycles. The van der Waals surface area contributed by atoms with Gasteiger partial charge >= 0.3 is 5.97 Å². The van der Waals surface area contributed by atoms with Crippen molar-refractivity contribution in [3.63, 3.8) is 0 Å². The third kappa shape index (κ3) is 5.36. The number of unbranched alkanes of at least 4 members (excludes halogenated alkanes) is 1. The summed E-state index contributed by atoms with van der Waals surface area (Å²) in [5.41, 5.74) is -1.13. The van der Waals surface area contributed by atoms with Crippen LogP contribution in [0.4, 0.5) is 0 Å². The first-order valence-corrected chi connectivity index (χ1v) is 14.5. The van der Waals surface area contributed by atoms with Gasteiger partial charge in [0.2, 0.25) is 11.8 Å². The maximum atomic E-state index is 14.5. The number of aliphatic hydroxyl groups is 1. The topological polar surface area (TPSA) is 96.4 Å². The largest absolute Gasteiger partial charge is 0.465 e. The first kappa shape index (κ1) is 30.0. The van der Waals surface area contributed by atoms with Crippen LogP contribution in [-0.4, -0.2) is 75.7 Å². The summed E-state index contributed by atoms with van der Waals surface area (Å²) in [6.45, 7) is 14.0. The van der Waals surface area contributed by atoms with Gasteiger partial charge in [-0.15, -0.1) is 13.2 Å². The number of aliphatic hydroxyl groups excluding tert-OH is 1. The van der Waals surface area contributed by atoms with Crippen LogP contribution >= 0.6 is 0 Å². The average molecular weight is 553 g/mol. The number of benzene rings is 1. The van der Waals surface area contributed by atoms with E-state index >= 15 is 0 Å². The summed E-state index contributed by atoms with van der Waals surface area (Å²) >= 11 is 0. The molecule has 1 spiro atoms. The Morgan fingerprint density at radius 2 is 1.95 bits per heavy atom. The SMILES string of the molecule is C=CCCCOC(=O)[C@H]1[C@H]2C(=O)N([C@@H](CO)CC(C)C)C(C(=O)N(CC=C)Cc3ccccc3)C23CC[C@]1(C)O3. The van der Waals surface area contributed by atoms with Gasteiger partial charge < -0.3 is 24.4 Å². The molecule has 0 radical (unpaired) electrons. The Kier molecular flexibility index (Phi) is 9.20. The van der Waals surface area contributed by atoms with E-state index in [2.05, 4.69) is 13.2 Å². The second-order valence-electron chi connectivity index (χ2n) is 12.0. The third-order valence-corrected chi connectivity index (χ3v) is 8.72. The Hall–Kier alpha value is -2.97. The van der Waals surface area contributed by atoms with Crippen LogP contribution in [0, 0.1) is 17.8 Å². The van der Waals surface area contributed by atoms with E-state index < -0.39 is 41.1 Å². The van der Waals surface area contributed by atoms with Gasteiger partial charge in [0.1, 0.15) is 17.6 Å². The summed E-state index contributed by atoms with van der Waals surface area (Å²) in [4.78, 5) is 45.7. The predicted molar refractivity (Wildman–Crippen MR) is 152 cm³/mol. The van der Waals surface area contributed by atoms with Crippen molar-refractivity contribution in [2.24, 2.45) is 17.8 Å². The molecule has 2 amide bonds. The van der Waals surface area contributed by atoms with Gasteiger partial charge in [0, 0.05) is 13.1 Å². The van der Waals surface area contributed by atoms with E-state index in [0.29, 0.717) is 32.2 Å². The number of amides is 2. The van der Waals surface area contributed by atoms with Crippen LogP contribution in [0.2, 0.25) is 0 Å². The van der Waals surface area contributed by atoms with Crippen LogP contribution in [0.1, 0.15) is 58.4 Å². The van der Waals surface area contributed by atoms with Crippen LogP contribution in [-0.2, 0) is 30.4 Å². The van der Waals surface area contributed by atoms with Gasteiger partial charge in [-0.2, -0.15) is 0 Å². The van der Waals surface area contributed by atoms with E-state index in [1.807, 2.05) is 51.1 Å². The number of hydrogen-bond acceptors (Lipinski definition) is 6. The van der Waals surface area contributed by atoms with Gasteiger partial charge in [0.25, 0.3) is 0 Å². The molecule has 3 aliphatic heterocycles. The minimum absolute atomic E-state index is 0.174. The number of ether oxygens (including phenoxy) is 2. The molecule has 0 aliphatic carbocycles. The lowest BCUT2D eigenvalue weighted by atomic mass is 9.66. The Labute approximate surface area is 238 Å². The number of carbonyl (C=O) groups is 3. The maximum Gasteiger partial charge on any atom is 0.312 e. The van der Waals surface area contributed by atoms with Crippen molar-refractivity contribution in [2.75, 3.05) is 19.8 Å². The number of carbonyl (C=O) groups excluding carboxylic acids is 3. The molecule has 6 atom stereocenters. The monoisotopic (exact) mass is 552 g/mol. The van der Waals surface area contributed by atoms with Crippen LogP contribution < -0.4 is 0 Å². The molecule has 1 aromatic rings. The number of hydrogen-bond donors (Lipinski definition) is 1. The zero-order valence-corrected chi connectivity index (χ0v) is 24.1. The molecule has 8 nitrogen and oxygen atoms in total. The molecule has 40 heavy (non-hydrogen) atoms. The highest BCUT2D eigenvalue weighted by molar-refractivity contribution is 5.98. The number of nitrogens with zero attached hydrogens (tertiary/aromatic N) is 2. The fraction of sp³-hybridized carbons (Fsp3) is 0.594.